The highest BCUT2D eigenvalue weighted by Gasteiger charge is 2.19. The van der Waals surface area contributed by atoms with Crippen LogP contribution in [0.4, 0.5) is 0 Å². The Balaban J connectivity index is 2.03. The van der Waals surface area contributed by atoms with Crippen LogP contribution in [0.5, 0.6) is 5.75 Å². The van der Waals surface area contributed by atoms with Crippen LogP contribution < -0.4 is 16.0 Å². The molecular weight excluding hydrogens is 308 g/mol. The zero-order chi connectivity index (χ0) is 13.7. The van der Waals surface area contributed by atoms with Crippen LogP contribution in [0.2, 0.25) is 0 Å². The molecule has 1 aliphatic heterocycles. The summed E-state index contributed by atoms with van der Waals surface area (Å²) in [6.07, 6.45) is 4.70. The molecule has 0 saturated carbocycles. The summed E-state index contributed by atoms with van der Waals surface area (Å²) in [6.45, 7) is 0.897. The van der Waals surface area contributed by atoms with E-state index in [2.05, 4.69) is 21.4 Å². The van der Waals surface area contributed by atoms with E-state index in [-0.39, 0.29) is 6.04 Å². The number of hydrogen-bond acceptors (Lipinski definition) is 4. The average Bonchev–Trinajstić information content (AvgIpc) is 2.94. The van der Waals surface area contributed by atoms with Gasteiger partial charge in [-0.1, -0.05) is 15.9 Å². The lowest BCUT2D eigenvalue weighted by atomic mass is 9.99. The van der Waals surface area contributed by atoms with Gasteiger partial charge in [0, 0.05) is 17.1 Å². The van der Waals surface area contributed by atoms with E-state index in [0.717, 1.165) is 41.7 Å². The lowest BCUT2D eigenvalue weighted by Gasteiger charge is -2.20. The Hall–Kier alpha value is -0.620. The second-order valence-electron chi connectivity index (χ2n) is 4.82. The van der Waals surface area contributed by atoms with E-state index < -0.39 is 0 Å². The Morgan fingerprint density at radius 1 is 1.58 bits per heavy atom. The van der Waals surface area contributed by atoms with E-state index in [1.165, 1.54) is 6.42 Å². The van der Waals surface area contributed by atoms with Crippen molar-refractivity contribution in [3.05, 3.63) is 28.2 Å². The molecule has 0 aliphatic carbocycles. The average molecular weight is 329 g/mol. The predicted molar refractivity (Wildman–Crippen MR) is 79.0 cm³/mol. The molecule has 1 aromatic carbocycles. The second kappa shape index (κ2) is 7.24. The lowest BCUT2D eigenvalue weighted by Crippen LogP contribution is -2.29. The molecule has 4 nitrogen and oxygen atoms in total. The summed E-state index contributed by atoms with van der Waals surface area (Å²) in [5, 5.41) is 0. The maximum absolute atomic E-state index is 5.70. The normalized spacial score (nSPS) is 20.5. The summed E-state index contributed by atoms with van der Waals surface area (Å²) < 4.78 is 12.0. The van der Waals surface area contributed by atoms with Gasteiger partial charge in [0.2, 0.25) is 0 Å². The minimum absolute atomic E-state index is 0.105. The monoisotopic (exact) mass is 328 g/mol. The highest BCUT2D eigenvalue weighted by Crippen LogP contribution is 2.31. The topological polar surface area (TPSA) is 56.5 Å². The van der Waals surface area contributed by atoms with Crippen molar-refractivity contribution in [1.29, 1.82) is 0 Å². The Morgan fingerprint density at radius 2 is 2.42 bits per heavy atom. The smallest absolute Gasteiger partial charge is 0.119 e. The van der Waals surface area contributed by atoms with Crippen LogP contribution in [0.3, 0.4) is 0 Å². The minimum Gasteiger partial charge on any atom is -0.497 e. The minimum atomic E-state index is 0.105. The van der Waals surface area contributed by atoms with Crippen LogP contribution in [0.25, 0.3) is 0 Å². The zero-order valence-corrected chi connectivity index (χ0v) is 12.8. The van der Waals surface area contributed by atoms with Crippen molar-refractivity contribution < 1.29 is 9.47 Å². The van der Waals surface area contributed by atoms with Gasteiger partial charge in [0.1, 0.15) is 5.75 Å². The molecule has 0 aromatic heterocycles. The first-order valence-electron chi connectivity index (χ1n) is 6.65. The third-order valence-corrected chi connectivity index (χ3v) is 4.30. The van der Waals surface area contributed by atoms with Crippen molar-refractivity contribution in [2.45, 2.75) is 37.8 Å². The standard InChI is InChI=1S/C14H21BrN2O2/c1-18-11-4-6-13(15)12(9-11)14(17-16)7-5-10-3-2-8-19-10/h4,6,9-10,14,17H,2-3,5,7-8,16H2,1H3. The van der Waals surface area contributed by atoms with Gasteiger partial charge in [-0.2, -0.15) is 0 Å². The number of ether oxygens (including phenoxy) is 2. The van der Waals surface area contributed by atoms with Crippen molar-refractivity contribution in [2.24, 2.45) is 5.84 Å². The number of hydrazine groups is 1. The quantitative estimate of drug-likeness (QED) is 0.622. The third-order valence-electron chi connectivity index (χ3n) is 3.58. The van der Waals surface area contributed by atoms with Crippen LogP contribution >= 0.6 is 15.9 Å². The van der Waals surface area contributed by atoms with Crippen LogP contribution in [0.1, 0.15) is 37.3 Å². The molecule has 0 bridgehead atoms. The molecule has 106 valence electrons. The fourth-order valence-corrected chi connectivity index (χ4v) is 2.99. The van der Waals surface area contributed by atoms with E-state index >= 15 is 0 Å². The van der Waals surface area contributed by atoms with Crippen molar-refractivity contribution >= 4 is 15.9 Å². The van der Waals surface area contributed by atoms with Crippen LogP contribution in [0.15, 0.2) is 22.7 Å². The number of benzene rings is 1. The molecule has 2 atom stereocenters. The zero-order valence-electron chi connectivity index (χ0n) is 11.2. The fraction of sp³-hybridized carbons (Fsp3) is 0.571. The molecule has 2 unspecified atom stereocenters. The van der Waals surface area contributed by atoms with Crippen molar-refractivity contribution in [3.8, 4) is 5.75 Å². The first-order valence-corrected chi connectivity index (χ1v) is 7.45. The number of halogens is 1. The van der Waals surface area contributed by atoms with Gasteiger partial charge in [-0.25, -0.2) is 0 Å². The van der Waals surface area contributed by atoms with E-state index in [1.807, 2.05) is 18.2 Å². The molecule has 19 heavy (non-hydrogen) atoms. The molecule has 5 heteroatoms. The first-order chi connectivity index (χ1) is 9.24. The summed E-state index contributed by atoms with van der Waals surface area (Å²) >= 11 is 3.57. The van der Waals surface area contributed by atoms with E-state index in [1.54, 1.807) is 7.11 Å². The molecule has 1 aliphatic rings. The Labute approximate surface area is 122 Å². The molecule has 0 spiro atoms. The predicted octanol–water partition coefficient (Wildman–Crippen LogP) is 2.92. The van der Waals surface area contributed by atoms with Gasteiger partial charge in [-0.05, 0) is 49.4 Å². The molecule has 3 N–H and O–H groups in total. The summed E-state index contributed by atoms with van der Waals surface area (Å²) in [7, 11) is 1.67. The highest BCUT2D eigenvalue weighted by molar-refractivity contribution is 9.10. The first kappa shape index (κ1) is 14.8. The lowest BCUT2D eigenvalue weighted by molar-refractivity contribution is 0.0996. The summed E-state index contributed by atoms with van der Waals surface area (Å²) in [6, 6.07) is 6.05. The maximum Gasteiger partial charge on any atom is 0.119 e. The maximum atomic E-state index is 5.70. The summed E-state index contributed by atoms with van der Waals surface area (Å²) in [5.74, 6) is 6.54. The van der Waals surface area contributed by atoms with E-state index in [4.69, 9.17) is 15.3 Å². The van der Waals surface area contributed by atoms with Crippen LogP contribution in [-0.4, -0.2) is 19.8 Å². The van der Waals surface area contributed by atoms with Crippen LogP contribution in [0, 0.1) is 0 Å². The number of rotatable bonds is 6. The molecule has 0 amide bonds. The molecular formula is C14H21BrN2O2. The van der Waals surface area contributed by atoms with Crippen LogP contribution in [-0.2, 0) is 4.74 Å². The van der Waals surface area contributed by atoms with Gasteiger partial charge in [-0.3, -0.25) is 11.3 Å². The molecule has 0 radical (unpaired) electrons. The van der Waals surface area contributed by atoms with Gasteiger partial charge in [-0.15, -0.1) is 0 Å². The van der Waals surface area contributed by atoms with E-state index in [0.29, 0.717) is 6.10 Å². The van der Waals surface area contributed by atoms with Crippen molar-refractivity contribution in [1.82, 2.24) is 5.43 Å². The van der Waals surface area contributed by atoms with E-state index in [9.17, 15) is 0 Å². The second-order valence-corrected chi connectivity index (χ2v) is 5.67. The Kier molecular flexibility index (Phi) is 5.63. The molecule has 1 aromatic rings. The molecule has 1 heterocycles. The largest absolute Gasteiger partial charge is 0.497 e. The summed E-state index contributed by atoms with van der Waals surface area (Å²) in [5.41, 5.74) is 4.02. The fourth-order valence-electron chi connectivity index (χ4n) is 2.47. The Bertz CT molecular complexity index is 408. The Morgan fingerprint density at radius 3 is 3.05 bits per heavy atom. The molecule has 2 rings (SSSR count). The number of methoxy groups -OCH3 is 1. The van der Waals surface area contributed by atoms with Gasteiger partial charge < -0.3 is 9.47 Å². The van der Waals surface area contributed by atoms with Crippen molar-refractivity contribution in [3.63, 3.8) is 0 Å². The van der Waals surface area contributed by atoms with Crippen molar-refractivity contribution in [2.75, 3.05) is 13.7 Å². The molecule has 1 saturated heterocycles. The highest BCUT2D eigenvalue weighted by atomic mass is 79.9. The number of nitrogens with two attached hydrogens (primary N) is 1. The van der Waals surface area contributed by atoms with Gasteiger partial charge in [0.25, 0.3) is 0 Å². The van der Waals surface area contributed by atoms with Gasteiger partial charge >= 0.3 is 0 Å². The number of nitrogens with one attached hydrogen (secondary N) is 1. The molecule has 1 fully saturated rings. The third kappa shape index (κ3) is 3.92. The van der Waals surface area contributed by atoms with Gasteiger partial charge in [0.05, 0.1) is 13.2 Å². The van der Waals surface area contributed by atoms with Gasteiger partial charge in [0.15, 0.2) is 0 Å². The number of hydrogen-bond donors (Lipinski definition) is 2. The SMILES string of the molecule is COc1ccc(Br)c(C(CCC2CCCO2)NN)c1. The summed E-state index contributed by atoms with van der Waals surface area (Å²) in [4.78, 5) is 0.